The molecule has 0 saturated heterocycles. The number of aromatic nitrogens is 2. The van der Waals surface area contributed by atoms with Crippen molar-refractivity contribution in [3.05, 3.63) is 77.4 Å². The van der Waals surface area contributed by atoms with Crippen LogP contribution in [0.15, 0.2) is 65.6 Å². The van der Waals surface area contributed by atoms with Gasteiger partial charge in [-0.2, -0.15) is 13.2 Å². The molecule has 0 fully saturated rings. The van der Waals surface area contributed by atoms with Gasteiger partial charge in [0, 0.05) is 36.3 Å². The van der Waals surface area contributed by atoms with E-state index in [9.17, 15) is 17.6 Å². The van der Waals surface area contributed by atoms with Gasteiger partial charge in [-0.15, -0.1) is 0 Å². The molecule has 1 atom stereocenters. The van der Waals surface area contributed by atoms with Crippen molar-refractivity contribution < 1.29 is 31.9 Å². The monoisotopic (exact) mass is 463 g/mol. The van der Waals surface area contributed by atoms with Crippen molar-refractivity contribution in [3.63, 3.8) is 0 Å². The molecule has 1 aromatic heterocycles. The van der Waals surface area contributed by atoms with Crippen LogP contribution in [-0.4, -0.2) is 42.8 Å². The van der Waals surface area contributed by atoms with E-state index in [0.29, 0.717) is 35.2 Å². The maximum atomic E-state index is 14.3. The van der Waals surface area contributed by atoms with Crippen LogP contribution in [0, 0.1) is 0 Å². The number of ether oxygens (including phenoxy) is 2. The van der Waals surface area contributed by atoms with E-state index in [4.69, 9.17) is 14.3 Å². The van der Waals surface area contributed by atoms with Gasteiger partial charge in [0.05, 0.1) is 19.3 Å². The predicted octanol–water partition coefficient (Wildman–Crippen LogP) is 5.02. The quantitative estimate of drug-likeness (QED) is 0.226. The molecule has 1 aliphatic carbocycles. The maximum Gasteiger partial charge on any atom is 0.416 e. The molecule has 0 spiro atoms. The molecule has 3 rings (SSSR count). The van der Waals surface area contributed by atoms with Crippen molar-refractivity contribution in [1.29, 1.82) is 0 Å². The van der Waals surface area contributed by atoms with E-state index in [1.165, 1.54) is 19.3 Å². The summed E-state index contributed by atoms with van der Waals surface area (Å²) in [6.45, 7) is 3.77. The van der Waals surface area contributed by atoms with Crippen LogP contribution in [0.3, 0.4) is 0 Å². The Morgan fingerprint density at radius 2 is 1.85 bits per heavy atom. The first kappa shape index (κ1) is 24.1. The lowest BCUT2D eigenvalue weighted by Crippen LogP contribution is -2.11. The van der Waals surface area contributed by atoms with E-state index >= 15 is 0 Å². The van der Waals surface area contributed by atoms with Gasteiger partial charge in [0.15, 0.2) is 11.6 Å². The summed E-state index contributed by atoms with van der Waals surface area (Å²) in [6, 6.07) is 4.85. The summed E-state index contributed by atoms with van der Waals surface area (Å²) in [4.78, 5) is 13.4. The molecule has 0 amide bonds. The van der Waals surface area contributed by atoms with Gasteiger partial charge in [-0.1, -0.05) is 11.2 Å². The first-order chi connectivity index (χ1) is 15.8. The molecule has 2 aromatic rings. The van der Waals surface area contributed by atoms with Gasteiger partial charge in [-0.05, 0) is 42.4 Å². The first-order valence-electron chi connectivity index (χ1n) is 9.82. The second-order valence-electron chi connectivity index (χ2n) is 6.87. The number of halogens is 4. The third-order valence-electron chi connectivity index (χ3n) is 4.67. The largest absolute Gasteiger partial charge is 0.496 e. The number of alkyl halides is 4. The van der Waals surface area contributed by atoms with Gasteiger partial charge < -0.3 is 14.3 Å². The summed E-state index contributed by atoms with van der Waals surface area (Å²) < 4.78 is 64.5. The van der Waals surface area contributed by atoms with Crippen molar-refractivity contribution >= 4 is 12.3 Å². The molecule has 33 heavy (non-hydrogen) atoms. The zero-order chi connectivity index (χ0) is 23.8. The number of nitrogens with zero attached hydrogens (tertiary/aromatic N) is 3. The fourth-order valence-corrected chi connectivity index (χ4v) is 3.15. The summed E-state index contributed by atoms with van der Waals surface area (Å²) in [7, 11) is 1.39. The third kappa shape index (κ3) is 6.48. The topological polar surface area (TPSA) is 65.8 Å². The molecule has 10 heteroatoms. The summed E-state index contributed by atoms with van der Waals surface area (Å²) in [5.41, 5.74) is 0.178. The minimum atomic E-state index is -4.66. The average Bonchev–Trinajstić information content (AvgIpc) is 2.99. The molecule has 1 unspecified atom stereocenters. The van der Waals surface area contributed by atoms with E-state index in [2.05, 4.69) is 21.8 Å². The van der Waals surface area contributed by atoms with Gasteiger partial charge in [0.25, 0.3) is 0 Å². The number of hydrogen-bond acceptors (Lipinski definition) is 6. The van der Waals surface area contributed by atoms with Gasteiger partial charge in [-0.3, -0.25) is 0 Å². The Morgan fingerprint density at radius 1 is 1.09 bits per heavy atom. The number of rotatable bonds is 9. The summed E-state index contributed by atoms with van der Waals surface area (Å²) >= 11 is 0. The standard InChI is InChI=1S/C23H21F4N3O3/c1-28-33-20-13-21(31-2)19(15-4-5-17(23(25,26)27)12-18(24)10-15)11-16(20)6-9-32-14-22-29-7-3-8-30-22/h3-5,7-8,10-13,18H,1,6,9,14H2,2H3. The van der Waals surface area contributed by atoms with Gasteiger partial charge >= 0.3 is 6.18 Å². The maximum absolute atomic E-state index is 14.3. The zero-order valence-electron chi connectivity index (χ0n) is 17.7. The number of allylic oxidation sites excluding steroid dienone is 6. The highest BCUT2D eigenvalue weighted by molar-refractivity contribution is 5.80. The third-order valence-corrected chi connectivity index (χ3v) is 4.67. The highest BCUT2D eigenvalue weighted by Crippen LogP contribution is 2.37. The van der Waals surface area contributed by atoms with Crippen LogP contribution in [0.2, 0.25) is 0 Å². The molecule has 174 valence electrons. The minimum absolute atomic E-state index is 0.197. The van der Waals surface area contributed by atoms with Crippen LogP contribution in [0.5, 0.6) is 11.5 Å². The molecule has 6 nitrogen and oxygen atoms in total. The molecule has 0 aliphatic heterocycles. The molecular formula is C23H21F4N3O3. The normalized spacial score (nSPS) is 16.0. The predicted molar refractivity (Wildman–Crippen MR) is 115 cm³/mol. The van der Waals surface area contributed by atoms with E-state index in [-0.39, 0.29) is 24.5 Å². The Balaban J connectivity index is 1.86. The Kier molecular flexibility index (Phi) is 7.94. The zero-order valence-corrected chi connectivity index (χ0v) is 17.7. The average molecular weight is 463 g/mol. The van der Waals surface area contributed by atoms with Crippen molar-refractivity contribution in [2.75, 3.05) is 13.7 Å². The van der Waals surface area contributed by atoms with E-state index < -0.39 is 17.9 Å². The fourth-order valence-electron chi connectivity index (χ4n) is 3.15. The Bertz CT molecular complexity index is 1070. The van der Waals surface area contributed by atoms with Crippen LogP contribution in [0.25, 0.3) is 5.57 Å². The van der Waals surface area contributed by atoms with Crippen LogP contribution < -0.4 is 9.57 Å². The van der Waals surface area contributed by atoms with Crippen LogP contribution in [0.1, 0.15) is 17.0 Å². The Labute approximate surface area is 187 Å². The van der Waals surface area contributed by atoms with E-state index in [1.807, 2.05) is 0 Å². The molecular weight excluding hydrogens is 442 g/mol. The second-order valence-corrected chi connectivity index (χ2v) is 6.87. The molecule has 0 bridgehead atoms. The summed E-state index contributed by atoms with van der Waals surface area (Å²) in [6.07, 6.45) is 0.632. The fraction of sp³-hybridized carbons (Fsp3) is 0.261. The Morgan fingerprint density at radius 3 is 2.52 bits per heavy atom. The van der Waals surface area contributed by atoms with Crippen LogP contribution in [-0.2, 0) is 17.8 Å². The smallest absolute Gasteiger partial charge is 0.416 e. The number of methoxy groups -OCH3 is 1. The SMILES string of the molecule is C=NOc1cc(OC)c(C2=CC(F)C=C(C(F)(F)F)C=C2)cc1CCOCc1ncccn1. The van der Waals surface area contributed by atoms with Crippen molar-refractivity contribution in [3.8, 4) is 11.5 Å². The molecule has 1 heterocycles. The molecule has 0 N–H and O–H groups in total. The number of benzene rings is 1. The first-order valence-corrected chi connectivity index (χ1v) is 9.82. The molecule has 1 aliphatic rings. The van der Waals surface area contributed by atoms with Crippen LogP contribution in [0.4, 0.5) is 17.6 Å². The van der Waals surface area contributed by atoms with E-state index in [0.717, 1.165) is 12.2 Å². The highest BCUT2D eigenvalue weighted by atomic mass is 19.4. The van der Waals surface area contributed by atoms with Gasteiger partial charge in [-0.25, -0.2) is 14.4 Å². The molecule has 0 saturated carbocycles. The van der Waals surface area contributed by atoms with Crippen molar-refractivity contribution in [1.82, 2.24) is 9.97 Å². The van der Waals surface area contributed by atoms with Gasteiger partial charge in [0.2, 0.25) is 0 Å². The Hall–Kier alpha value is -3.53. The van der Waals surface area contributed by atoms with E-state index in [1.54, 1.807) is 24.5 Å². The summed E-state index contributed by atoms with van der Waals surface area (Å²) in [5.74, 6) is 1.12. The highest BCUT2D eigenvalue weighted by Gasteiger charge is 2.33. The lowest BCUT2D eigenvalue weighted by molar-refractivity contribution is -0.0886. The lowest BCUT2D eigenvalue weighted by Gasteiger charge is -2.15. The van der Waals surface area contributed by atoms with Crippen LogP contribution >= 0.6 is 0 Å². The molecule has 1 aromatic carbocycles. The summed E-state index contributed by atoms with van der Waals surface area (Å²) in [5, 5.41) is 3.44. The lowest BCUT2D eigenvalue weighted by atomic mass is 9.98. The number of hydrogen-bond donors (Lipinski definition) is 0. The number of oxime groups is 1. The van der Waals surface area contributed by atoms with Crippen molar-refractivity contribution in [2.45, 2.75) is 25.4 Å². The van der Waals surface area contributed by atoms with Gasteiger partial charge in [0.1, 0.15) is 18.5 Å². The second kappa shape index (κ2) is 10.9. The minimum Gasteiger partial charge on any atom is -0.496 e. The molecule has 0 radical (unpaired) electrons. The van der Waals surface area contributed by atoms with Crippen molar-refractivity contribution in [2.24, 2.45) is 5.16 Å².